The van der Waals surface area contributed by atoms with Crippen LogP contribution in [0, 0.1) is 29.6 Å². The van der Waals surface area contributed by atoms with Crippen LogP contribution in [0.4, 0.5) is 11.4 Å². The Morgan fingerprint density at radius 3 is 2.45 bits per heavy atom. The summed E-state index contributed by atoms with van der Waals surface area (Å²) >= 11 is 18.5. The topological polar surface area (TPSA) is 135 Å². The Kier molecular flexibility index (Phi) is 9.07. The lowest BCUT2D eigenvalue weighted by Crippen LogP contribution is -2.42. The number of rotatable bonds is 8. The highest BCUT2D eigenvalue weighted by molar-refractivity contribution is 9.10. The molecule has 0 radical (unpaired) electrons. The van der Waals surface area contributed by atoms with Crippen LogP contribution in [0.2, 0.25) is 10.0 Å². The number of carbonyl (C=O) groups is 4. The minimum Gasteiger partial charge on any atom is -0.483 e. The van der Waals surface area contributed by atoms with E-state index < -0.39 is 23.7 Å². The van der Waals surface area contributed by atoms with Crippen LogP contribution in [0.15, 0.2) is 75.0 Å². The number of H-pyrrole nitrogens is 1. The summed E-state index contributed by atoms with van der Waals surface area (Å²) in [4.78, 5) is 71.3. The lowest BCUT2D eigenvalue weighted by molar-refractivity contribution is -0.123. The minimum atomic E-state index is -0.526. The standard InChI is InChI=1S/C36H28BrCl2N3O7S2/c1-2-48-35(46)15-3-7-18(8-4-15)42-33(44)28-20-13-21(29(28)34(42)45)30-27(20)26(31-32(50-30)41-36(47)51-31)19-11-16(37)5-10-24(19)49-14-25(43)40-17-6-9-22(38)23(39)12-17/h3-12,20-21,26-30H,2,13-14H2,1H3,(H,40,43)(H,41,47)/t20?,21?,26-,27?,28?,29?,30?/m1/s1. The summed E-state index contributed by atoms with van der Waals surface area (Å²) in [6.45, 7) is 1.66. The summed E-state index contributed by atoms with van der Waals surface area (Å²) in [7, 11) is 0. The van der Waals surface area contributed by atoms with E-state index in [1.54, 1.807) is 67.2 Å². The van der Waals surface area contributed by atoms with Crippen LogP contribution in [0.3, 0.4) is 0 Å². The number of thioether (sulfide) groups is 1. The quantitative estimate of drug-likeness (QED) is 0.139. The molecule has 51 heavy (non-hydrogen) atoms. The van der Waals surface area contributed by atoms with Gasteiger partial charge in [-0.3, -0.25) is 24.1 Å². The van der Waals surface area contributed by atoms with Gasteiger partial charge in [0.05, 0.1) is 44.8 Å². The first kappa shape index (κ1) is 34.5. The highest BCUT2D eigenvalue weighted by atomic mass is 79.9. The number of thiazole rings is 1. The van der Waals surface area contributed by atoms with Gasteiger partial charge in [-0.15, -0.1) is 11.8 Å². The second-order valence-electron chi connectivity index (χ2n) is 12.9. The first-order chi connectivity index (χ1) is 24.5. The van der Waals surface area contributed by atoms with Gasteiger partial charge in [-0.1, -0.05) is 50.5 Å². The average molecular weight is 830 g/mol. The van der Waals surface area contributed by atoms with Gasteiger partial charge in [0.25, 0.3) is 5.91 Å². The van der Waals surface area contributed by atoms with E-state index in [2.05, 4.69) is 26.2 Å². The zero-order chi connectivity index (χ0) is 35.7. The average Bonchev–Trinajstić information content (AvgIpc) is 3.84. The molecule has 3 fully saturated rings. The van der Waals surface area contributed by atoms with Gasteiger partial charge in [-0.25, -0.2) is 4.79 Å². The van der Waals surface area contributed by atoms with Gasteiger partial charge in [-0.05, 0) is 91.8 Å². The summed E-state index contributed by atoms with van der Waals surface area (Å²) < 4.78 is 12.1. The molecule has 8 rings (SSSR count). The van der Waals surface area contributed by atoms with Gasteiger partial charge in [0, 0.05) is 31.8 Å². The first-order valence-electron chi connectivity index (χ1n) is 16.3. The Balaban J connectivity index is 1.10. The third kappa shape index (κ3) is 5.90. The second kappa shape index (κ2) is 13.4. The molecule has 2 bridgehead atoms. The molecule has 4 aliphatic rings. The molecule has 10 nitrogen and oxygen atoms in total. The largest absolute Gasteiger partial charge is 0.483 e. The molecule has 1 aromatic heterocycles. The number of anilines is 2. The zero-order valence-corrected chi connectivity index (χ0v) is 31.4. The number of benzene rings is 3. The molecule has 3 amide bonds. The fraction of sp³-hybridized carbons (Fsp3) is 0.306. The molecule has 3 heterocycles. The van der Waals surface area contributed by atoms with Gasteiger partial charge in [0.15, 0.2) is 6.61 Å². The summed E-state index contributed by atoms with van der Waals surface area (Å²) in [6, 6.07) is 16.7. The van der Waals surface area contributed by atoms with Gasteiger partial charge in [0.1, 0.15) is 5.75 Å². The van der Waals surface area contributed by atoms with Crippen molar-refractivity contribution in [3.63, 3.8) is 0 Å². The predicted octanol–water partition coefficient (Wildman–Crippen LogP) is 7.38. The molecular formula is C36H28BrCl2N3O7S2. The third-order valence-corrected chi connectivity index (χ3v) is 14.1. The molecule has 2 aliphatic heterocycles. The van der Waals surface area contributed by atoms with Crippen molar-refractivity contribution in [1.82, 2.24) is 4.98 Å². The van der Waals surface area contributed by atoms with Crippen molar-refractivity contribution in [2.24, 2.45) is 29.6 Å². The van der Waals surface area contributed by atoms with Crippen molar-refractivity contribution < 1.29 is 28.7 Å². The molecule has 4 aromatic rings. The van der Waals surface area contributed by atoms with Gasteiger partial charge in [0.2, 0.25) is 11.8 Å². The van der Waals surface area contributed by atoms with Crippen molar-refractivity contribution >= 4 is 97.3 Å². The second-order valence-corrected chi connectivity index (χ2v) is 16.8. The van der Waals surface area contributed by atoms with Crippen molar-refractivity contribution in [2.75, 3.05) is 23.4 Å². The van der Waals surface area contributed by atoms with Gasteiger partial charge >= 0.3 is 10.8 Å². The van der Waals surface area contributed by atoms with Crippen LogP contribution in [-0.2, 0) is 19.1 Å². The minimum absolute atomic E-state index is 0.0494. The number of imide groups is 1. The highest BCUT2D eigenvalue weighted by Gasteiger charge is 2.70. The van der Waals surface area contributed by atoms with Crippen LogP contribution in [0.5, 0.6) is 5.75 Å². The maximum atomic E-state index is 14.2. The lowest BCUT2D eigenvalue weighted by atomic mass is 9.68. The van der Waals surface area contributed by atoms with Crippen molar-refractivity contribution in [3.8, 4) is 5.75 Å². The number of nitrogens with one attached hydrogen (secondary N) is 2. The van der Waals surface area contributed by atoms with E-state index in [0.717, 1.165) is 31.3 Å². The van der Waals surface area contributed by atoms with Crippen molar-refractivity contribution in [2.45, 2.75) is 29.5 Å². The molecule has 262 valence electrons. The van der Waals surface area contributed by atoms with Gasteiger partial charge in [-0.2, -0.15) is 0 Å². The fourth-order valence-electron chi connectivity index (χ4n) is 8.39. The SMILES string of the molecule is CCOC(=O)c1ccc(N2C(=O)C3C4CC(C3C2=O)C2C4Sc3[nH]c(=O)sc3[C@@H]2c2cc(Br)ccc2OCC(=O)Nc2ccc(Cl)c(Cl)c2)cc1. The van der Waals surface area contributed by atoms with E-state index in [1.807, 2.05) is 12.1 Å². The normalized spacial score (nSPS) is 25.7. The highest BCUT2D eigenvalue weighted by Crippen LogP contribution is 2.69. The Morgan fingerprint density at radius 2 is 1.73 bits per heavy atom. The van der Waals surface area contributed by atoms with E-state index in [9.17, 15) is 24.0 Å². The number of halogens is 3. The van der Waals surface area contributed by atoms with Crippen LogP contribution >= 0.6 is 62.2 Å². The number of amides is 3. The van der Waals surface area contributed by atoms with Crippen LogP contribution in [0.1, 0.15) is 40.1 Å². The van der Waals surface area contributed by atoms with Gasteiger partial charge < -0.3 is 19.8 Å². The van der Waals surface area contributed by atoms with Crippen molar-refractivity contribution in [3.05, 3.63) is 101 Å². The summed E-state index contributed by atoms with van der Waals surface area (Å²) in [6.07, 6.45) is 0.705. The Hall–Kier alpha value is -3.62. The molecule has 6 unspecified atom stereocenters. The molecule has 0 spiro atoms. The Morgan fingerprint density at radius 1 is 0.980 bits per heavy atom. The fourth-order valence-corrected chi connectivity index (χ4v) is 11.9. The smallest absolute Gasteiger partial charge is 0.338 e. The van der Waals surface area contributed by atoms with E-state index in [4.69, 9.17) is 32.7 Å². The molecule has 1 saturated heterocycles. The number of ether oxygens (including phenoxy) is 2. The number of hydrogen-bond donors (Lipinski definition) is 2. The van der Waals surface area contributed by atoms with E-state index >= 15 is 0 Å². The number of aromatic nitrogens is 1. The summed E-state index contributed by atoms with van der Waals surface area (Å²) in [5, 5.41) is 4.16. The number of carbonyl (C=O) groups excluding carboxylic acids is 4. The summed E-state index contributed by atoms with van der Waals surface area (Å²) in [5.74, 6) is -2.57. The molecule has 2 aliphatic carbocycles. The summed E-state index contributed by atoms with van der Waals surface area (Å²) in [5.41, 5.74) is 2.01. The Bertz CT molecular complexity index is 2180. The van der Waals surface area contributed by atoms with E-state index in [-0.39, 0.29) is 58.8 Å². The lowest BCUT2D eigenvalue weighted by Gasteiger charge is -2.43. The van der Waals surface area contributed by atoms with Crippen LogP contribution in [-0.4, -0.2) is 47.1 Å². The number of hydrogen-bond acceptors (Lipinski definition) is 9. The van der Waals surface area contributed by atoms with E-state index in [1.165, 1.54) is 4.90 Å². The number of fused-ring (bicyclic) bond motifs is 9. The first-order valence-corrected chi connectivity index (χ1v) is 19.5. The van der Waals surface area contributed by atoms with Crippen molar-refractivity contribution in [1.29, 1.82) is 0 Å². The maximum absolute atomic E-state index is 14.2. The molecule has 15 heteroatoms. The van der Waals surface area contributed by atoms with Crippen LogP contribution < -0.4 is 19.8 Å². The number of aromatic amines is 1. The maximum Gasteiger partial charge on any atom is 0.338 e. The molecule has 2 N–H and O–H groups in total. The third-order valence-electron chi connectivity index (χ3n) is 10.2. The predicted molar refractivity (Wildman–Crippen MR) is 198 cm³/mol. The zero-order valence-electron chi connectivity index (χ0n) is 26.7. The molecule has 7 atom stereocenters. The van der Waals surface area contributed by atoms with E-state index in [0.29, 0.717) is 39.2 Å². The number of nitrogens with zero attached hydrogens (tertiary/aromatic N) is 1. The molecule has 3 aromatic carbocycles. The Labute approximate surface area is 318 Å². The monoisotopic (exact) mass is 827 g/mol. The van der Waals surface area contributed by atoms with Crippen LogP contribution in [0.25, 0.3) is 0 Å². The number of esters is 1. The molecule has 2 saturated carbocycles. The molecular weight excluding hydrogens is 801 g/mol.